The molecule has 3 aromatic rings. The van der Waals surface area contributed by atoms with E-state index in [2.05, 4.69) is 5.43 Å². The molecular weight excluding hydrogens is 274 g/mol. The zero-order valence-electron chi connectivity index (χ0n) is 11.4. The summed E-state index contributed by atoms with van der Waals surface area (Å²) in [5.41, 5.74) is 4.61. The molecule has 0 bridgehead atoms. The molecule has 0 aliphatic rings. The molecule has 0 aliphatic heterocycles. The number of hydrazine groups is 1. The molecule has 0 radical (unpaired) electrons. The first-order chi connectivity index (χ1) is 10.1. The third-order valence-corrected chi connectivity index (χ3v) is 3.55. The van der Waals surface area contributed by atoms with Crippen LogP contribution in [-0.4, -0.2) is 0 Å². The van der Waals surface area contributed by atoms with E-state index in [0.717, 1.165) is 5.56 Å². The summed E-state index contributed by atoms with van der Waals surface area (Å²) in [6, 6.07) is 9.92. The highest BCUT2D eigenvalue weighted by Gasteiger charge is 2.21. The summed E-state index contributed by atoms with van der Waals surface area (Å²) in [7, 11) is 0. The number of fused-ring (bicyclic) bond motifs is 1. The Kier molecular flexibility index (Phi) is 3.45. The average Bonchev–Trinajstić information content (AvgIpc) is 2.77. The maximum absolute atomic E-state index is 13.4. The molecule has 0 saturated carbocycles. The minimum Gasteiger partial charge on any atom is -0.459 e. The van der Waals surface area contributed by atoms with E-state index in [0.29, 0.717) is 22.3 Å². The molecule has 3 N–H and O–H groups in total. The van der Waals surface area contributed by atoms with Crippen molar-refractivity contribution in [1.29, 1.82) is 0 Å². The summed E-state index contributed by atoms with van der Waals surface area (Å²) in [4.78, 5) is 0. The summed E-state index contributed by atoms with van der Waals surface area (Å²) in [6.07, 6.45) is 0. The zero-order chi connectivity index (χ0) is 15.0. The van der Waals surface area contributed by atoms with Crippen molar-refractivity contribution in [1.82, 2.24) is 5.43 Å². The first kappa shape index (κ1) is 13.7. The van der Waals surface area contributed by atoms with E-state index in [-0.39, 0.29) is 11.6 Å². The van der Waals surface area contributed by atoms with Gasteiger partial charge in [0.2, 0.25) is 0 Å². The average molecular weight is 288 g/mol. The first-order valence-corrected chi connectivity index (χ1v) is 6.50. The Morgan fingerprint density at radius 3 is 2.57 bits per heavy atom. The topological polar surface area (TPSA) is 51.2 Å². The molecule has 3 nitrogen and oxygen atoms in total. The maximum Gasteiger partial charge on any atom is 0.134 e. The second-order valence-corrected chi connectivity index (χ2v) is 4.89. The van der Waals surface area contributed by atoms with Gasteiger partial charge in [-0.15, -0.1) is 0 Å². The SMILES string of the molecule is Cc1c(C(NN)c2cccc(F)c2)oc2ccc(F)cc12. The fourth-order valence-corrected chi connectivity index (χ4v) is 2.50. The number of nitrogens with one attached hydrogen (secondary N) is 1. The molecule has 1 aromatic heterocycles. The molecule has 0 saturated heterocycles. The molecule has 1 heterocycles. The van der Waals surface area contributed by atoms with Crippen LogP contribution in [0.2, 0.25) is 0 Å². The van der Waals surface area contributed by atoms with Crippen molar-refractivity contribution in [3.63, 3.8) is 0 Å². The molecule has 0 fully saturated rings. The molecule has 0 aliphatic carbocycles. The Morgan fingerprint density at radius 2 is 1.86 bits per heavy atom. The highest BCUT2D eigenvalue weighted by atomic mass is 19.1. The fourth-order valence-electron chi connectivity index (χ4n) is 2.50. The Balaban J connectivity index is 2.15. The van der Waals surface area contributed by atoms with Gasteiger partial charge in [-0.25, -0.2) is 14.2 Å². The van der Waals surface area contributed by atoms with Gasteiger partial charge in [-0.2, -0.15) is 0 Å². The van der Waals surface area contributed by atoms with Crippen molar-refractivity contribution in [3.8, 4) is 0 Å². The van der Waals surface area contributed by atoms with E-state index in [1.165, 1.54) is 24.3 Å². The van der Waals surface area contributed by atoms with Crippen LogP contribution in [0.1, 0.15) is 22.9 Å². The van der Waals surface area contributed by atoms with Crippen molar-refractivity contribution in [2.24, 2.45) is 5.84 Å². The van der Waals surface area contributed by atoms with Crippen LogP contribution >= 0.6 is 0 Å². The number of aryl methyl sites for hydroxylation is 1. The third kappa shape index (κ3) is 2.41. The minimum absolute atomic E-state index is 0.332. The van der Waals surface area contributed by atoms with Crippen molar-refractivity contribution < 1.29 is 13.2 Å². The Hall–Kier alpha value is -2.24. The van der Waals surface area contributed by atoms with Gasteiger partial charge in [0.15, 0.2) is 0 Å². The van der Waals surface area contributed by atoms with Gasteiger partial charge in [0, 0.05) is 10.9 Å². The number of hydrogen-bond donors (Lipinski definition) is 2. The molecule has 1 atom stereocenters. The van der Waals surface area contributed by atoms with Crippen LogP contribution in [-0.2, 0) is 0 Å². The van der Waals surface area contributed by atoms with Gasteiger partial charge in [-0.05, 0) is 42.8 Å². The summed E-state index contributed by atoms with van der Waals surface area (Å²) in [5, 5.41) is 0.682. The number of nitrogens with two attached hydrogens (primary N) is 1. The number of hydrogen-bond acceptors (Lipinski definition) is 3. The van der Waals surface area contributed by atoms with E-state index >= 15 is 0 Å². The third-order valence-electron chi connectivity index (χ3n) is 3.55. The van der Waals surface area contributed by atoms with Crippen molar-refractivity contribution in [3.05, 3.63) is 71.0 Å². The lowest BCUT2D eigenvalue weighted by Gasteiger charge is -2.15. The summed E-state index contributed by atoms with van der Waals surface area (Å²) >= 11 is 0. The highest BCUT2D eigenvalue weighted by molar-refractivity contribution is 5.82. The number of furan rings is 1. The molecular formula is C16H14F2N2O. The smallest absolute Gasteiger partial charge is 0.134 e. The largest absolute Gasteiger partial charge is 0.459 e. The predicted octanol–water partition coefficient (Wildman–Crippen LogP) is 3.57. The lowest BCUT2D eigenvalue weighted by Crippen LogP contribution is -2.29. The van der Waals surface area contributed by atoms with E-state index in [9.17, 15) is 8.78 Å². The molecule has 0 spiro atoms. The number of halogens is 2. The van der Waals surface area contributed by atoms with E-state index < -0.39 is 6.04 Å². The van der Waals surface area contributed by atoms with Gasteiger partial charge in [-0.1, -0.05) is 12.1 Å². The molecule has 3 rings (SSSR count). The lowest BCUT2D eigenvalue weighted by molar-refractivity contribution is 0.472. The van der Waals surface area contributed by atoms with Crippen LogP contribution in [0.3, 0.4) is 0 Å². The molecule has 1 unspecified atom stereocenters. The van der Waals surface area contributed by atoms with Crippen LogP contribution in [0.4, 0.5) is 8.78 Å². The standard InChI is InChI=1S/C16H14F2N2O/c1-9-13-8-12(18)5-6-14(13)21-16(9)15(20-19)10-3-2-4-11(17)7-10/h2-8,15,20H,19H2,1H3. The van der Waals surface area contributed by atoms with Crippen LogP contribution in [0.25, 0.3) is 11.0 Å². The van der Waals surface area contributed by atoms with E-state index in [1.807, 2.05) is 6.92 Å². The van der Waals surface area contributed by atoms with Crippen LogP contribution in [0.5, 0.6) is 0 Å². The van der Waals surface area contributed by atoms with Crippen LogP contribution in [0, 0.1) is 18.6 Å². The Morgan fingerprint density at radius 1 is 1.10 bits per heavy atom. The van der Waals surface area contributed by atoms with Gasteiger partial charge >= 0.3 is 0 Å². The fraction of sp³-hybridized carbons (Fsp3) is 0.125. The second kappa shape index (κ2) is 5.27. The Labute approximate surface area is 120 Å². The zero-order valence-corrected chi connectivity index (χ0v) is 11.4. The summed E-state index contributed by atoms with van der Waals surface area (Å²) < 4.78 is 32.5. The van der Waals surface area contributed by atoms with Gasteiger partial charge in [0.05, 0.1) is 0 Å². The van der Waals surface area contributed by atoms with Gasteiger partial charge in [0.1, 0.15) is 29.0 Å². The van der Waals surface area contributed by atoms with Crippen molar-refractivity contribution >= 4 is 11.0 Å². The lowest BCUT2D eigenvalue weighted by atomic mass is 10.0. The second-order valence-electron chi connectivity index (χ2n) is 4.89. The Bertz CT molecular complexity index is 798. The summed E-state index contributed by atoms with van der Waals surface area (Å²) in [5.74, 6) is 5.46. The molecule has 0 amide bonds. The quantitative estimate of drug-likeness (QED) is 0.572. The van der Waals surface area contributed by atoms with Crippen LogP contribution < -0.4 is 11.3 Å². The van der Waals surface area contributed by atoms with E-state index in [1.54, 1.807) is 18.2 Å². The number of benzene rings is 2. The first-order valence-electron chi connectivity index (χ1n) is 6.50. The summed E-state index contributed by atoms with van der Waals surface area (Å²) in [6.45, 7) is 1.82. The van der Waals surface area contributed by atoms with E-state index in [4.69, 9.17) is 10.3 Å². The van der Waals surface area contributed by atoms with Crippen molar-refractivity contribution in [2.75, 3.05) is 0 Å². The number of rotatable bonds is 3. The van der Waals surface area contributed by atoms with Crippen LogP contribution in [0.15, 0.2) is 46.9 Å². The van der Waals surface area contributed by atoms with Crippen molar-refractivity contribution in [2.45, 2.75) is 13.0 Å². The predicted molar refractivity (Wildman–Crippen MR) is 76.5 cm³/mol. The van der Waals surface area contributed by atoms with Gasteiger partial charge in [-0.3, -0.25) is 5.84 Å². The maximum atomic E-state index is 13.4. The van der Waals surface area contributed by atoms with Gasteiger partial charge < -0.3 is 4.42 Å². The molecule has 21 heavy (non-hydrogen) atoms. The minimum atomic E-state index is -0.504. The molecule has 5 heteroatoms. The monoisotopic (exact) mass is 288 g/mol. The molecule has 2 aromatic carbocycles. The highest BCUT2D eigenvalue weighted by Crippen LogP contribution is 2.32. The molecule has 108 valence electrons. The normalized spacial score (nSPS) is 12.8. The van der Waals surface area contributed by atoms with Gasteiger partial charge in [0.25, 0.3) is 0 Å².